The molecule has 5 heteroatoms. The van der Waals surface area contributed by atoms with Crippen LogP contribution in [0, 0.1) is 6.92 Å². The maximum absolute atomic E-state index is 10.4. The summed E-state index contributed by atoms with van der Waals surface area (Å²) in [7, 11) is 1.97. The van der Waals surface area contributed by atoms with E-state index in [2.05, 4.69) is 4.98 Å². The van der Waals surface area contributed by atoms with Gasteiger partial charge in [-0.25, -0.2) is 9.78 Å². The summed E-state index contributed by atoms with van der Waals surface area (Å²) in [5.41, 5.74) is 0.821. The first-order valence-corrected chi connectivity index (χ1v) is 5.41. The first-order chi connectivity index (χ1) is 8.54. The Morgan fingerprint density at radius 2 is 2.17 bits per heavy atom. The van der Waals surface area contributed by atoms with Gasteiger partial charge in [-0.15, -0.1) is 0 Å². The number of aliphatic hydroxyl groups excluding tert-OH is 1. The number of benzene rings is 1. The first-order valence-electron chi connectivity index (χ1n) is 5.41. The van der Waals surface area contributed by atoms with Crippen LogP contribution >= 0.6 is 0 Å². The van der Waals surface area contributed by atoms with Gasteiger partial charge < -0.3 is 14.8 Å². The van der Waals surface area contributed by atoms with Crippen LogP contribution in [0.25, 0.3) is 0 Å². The van der Waals surface area contributed by atoms with Gasteiger partial charge in [-0.3, -0.25) is 0 Å². The van der Waals surface area contributed by atoms with E-state index in [1.54, 1.807) is 18.3 Å². The molecule has 0 aliphatic rings. The lowest BCUT2D eigenvalue weighted by Crippen LogP contribution is -1.96. The zero-order valence-electron chi connectivity index (χ0n) is 10.4. The molecule has 2 aromatic rings. The van der Waals surface area contributed by atoms with Crippen LogP contribution in [0.4, 0.5) is 0 Å². The number of aromatic carboxylic acids is 1. The van der Waals surface area contributed by atoms with Gasteiger partial charge >= 0.3 is 5.97 Å². The molecular weight excluding hydrogens is 232 g/mol. The predicted octanol–water partition coefficient (Wildman–Crippen LogP) is 1.61. The molecule has 0 fully saturated rings. The maximum atomic E-state index is 10.4. The number of aliphatic hydroxyl groups is 1. The number of imidazole rings is 1. The number of carboxylic acids is 1. The van der Waals surface area contributed by atoms with Gasteiger partial charge in [0.1, 0.15) is 5.82 Å². The lowest BCUT2D eigenvalue weighted by atomic mass is 10.1. The summed E-state index contributed by atoms with van der Waals surface area (Å²) in [6.07, 6.45) is 3.71. The molecule has 1 aromatic carbocycles. The Morgan fingerprint density at radius 1 is 1.44 bits per heavy atom. The lowest BCUT2D eigenvalue weighted by molar-refractivity contribution is 0.0696. The summed E-state index contributed by atoms with van der Waals surface area (Å²) >= 11 is 0. The molecule has 0 aliphatic carbocycles. The molecule has 2 N–H and O–H groups in total. The van der Waals surface area contributed by atoms with Crippen molar-refractivity contribution < 1.29 is 15.0 Å². The van der Waals surface area contributed by atoms with E-state index >= 15 is 0 Å². The Labute approximate surface area is 105 Å². The van der Waals surface area contributed by atoms with Gasteiger partial charge in [0, 0.05) is 19.4 Å². The number of nitrogens with zero attached hydrogens (tertiary/aromatic N) is 2. The van der Waals surface area contributed by atoms with Gasteiger partial charge in [-0.1, -0.05) is 12.1 Å². The monoisotopic (exact) mass is 248 g/mol. The summed E-state index contributed by atoms with van der Waals surface area (Å²) in [4.78, 5) is 14.4. The van der Waals surface area contributed by atoms with Crippen molar-refractivity contribution in [3.05, 3.63) is 53.6 Å². The normalized spacial score (nSPS) is 9.50. The molecule has 0 atom stereocenters. The number of rotatable bonds is 2. The summed E-state index contributed by atoms with van der Waals surface area (Å²) in [5, 5.41) is 17.2. The van der Waals surface area contributed by atoms with Gasteiger partial charge in [0.25, 0.3) is 0 Å². The molecule has 0 unspecified atom stereocenters. The van der Waals surface area contributed by atoms with Gasteiger partial charge in [-0.05, 0) is 24.6 Å². The Bertz CT molecular complexity index is 504. The van der Waals surface area contributed by atoms with Crippen LogP contribution < -0.4 is 0 Å². The van der Waals surface area contributed by atoms with Crippen LogP contribution in [0.3, 0.4) is 0 Å². The minimum absolute atomic E-state index is 0.124. The predicted molar refractivity (Wildman–Crippen MR) is 67.3 cm³/mol. The Hall–Kier alpha value is -2.14. The zero-order chi connectivity index (χ0) is 13.5. The molecule has 0 saturated heterocycles. The highest BCUT2D eigenvalue weighted by atomic mass is 16.4. The average molecular weight is 248 g/mol. The van der Waals surface area contributed by atoms with E-state index in [0.29, 0.717) is 5.56 Å². The lowest BCUT2D eigenvalue weighted by Gasteiger charge is -1.96. The second kappa shape index (κ2) is 6.56. The minimum Gasteiger partial charge on any atom is -0.478 e. The van der Waals surface area contributed by atoms with Gasteiger partial charge in [0.05, 0.1) is 12.2 Å². The van der Waals surface area contributed by atoms with E-state index < -0.39 is 5.97 Å². The van der Waals surface area contributed by atoms with E-state index in [1.165, 1.54) is 12.1 Å². The molecule has 0 aliphatic heterocycles. The molecule has 1 aromatic heterocycles. The fraction of sp³-hybridized carbons (Fsp3) is 0.231. The molecule has 0 spiro atoms. The van der Waals surface area contributed by atoms with E-state index in [4.69, 9.17) is 10.2 Å². The summed E-state index contributed by atoms with van der Waals surface area (Å²) in [6.45, 7) is 1.85. The van der Waals surface area contributed by atoms with Crippen LogP contribution in [0.15, 0.2) is 36.7 Å². The molecule has 96 valence electrons. The van der Waals surface area contributed by atoms with Crippen LogP contribution in [-0.4, -0.2) is 25.7 Å². The van der Waals surface area contributed by atoms with E-state index in [0.717, 1.165) is 5.82 Å². The van der Waals surface area contributed by atoms with Crippen molar-refractivity contribution in [2.24, 2.45) is 7.05 Å². The van der Waals surface area contributed by atoms with Crippen LogP contribution in [0.5, 0.6) is 0 Å². The molecule has 0 bridgehead atoms. The van der Waals surface area contributed by atoms with Crippen LogP contribution in [0.1, 0.15) is 21.7 Å². The molecule has 2 rings (SSSR count). The van der Waals surface area contributed by atoms with E-state index in [9.17, 15) is 4.79 Å². The van der Waals surface area contributed by atoms with Gasteiger partial charge in [0.15, 0.2) is 0 Å². The maximum Gasteiger partial charge on any atom is 0.335 e. The zero-order valence-corrected chi connectivity index (χ0v) is 10.4. The molecular formula is C13H16N2O3. The highest BCUT2D eigenvalue weighted by Crippen LogP contribution is 2.04. The topological polar surface area (TPSA) is 75.4 Å². The van der Waals surface area contributed by atoms with Crippen LogP contribution in [0.2, 0.25) is 0 Å². The van der Waals surface area contributed by atoms with Crippen molar-refractivity contribution in [2.75, 3.05) is 0 Å². The van der Waals surface area contributed by atoms with Crippen molar-refractivity contribution in [1.82, 2.24) is 9.55 Å². The fourth-order valence-corrected chi connectivity index (χ4v) is 1.24. The molecule has 0 amide bonds. The number of aryl methyl sites for hydroxylation is 2. The minimum atomic E-state index is -0.972. The third-order valence-electron chi connectivity index (χ3n) is 2.42. The number of carboxylic acid groups (broad SMARTS) is 1. The molecule has 0 radical (unpaired) electrons. The third kappa shape index (κ3) is 4.03. The third-order valence-corrected chi connectivity index (χ3v) is 2.42. The first kappa shape index (κ1) is 13.9. The fourth-order valence-electron chi connectivity index (χ4n) is 1.24. The molecule has 5 nitrogen and oxygen atoms in total. The Balaban J connectivity index is 0.000000199. The smallest absolute Gasteiger partial charge is 0.335 e. The quantitative estimate of drug-likeness (QED) is 0.846. The van der Waals surface area contributed by atoms with Crippen molar-refractivity contribution in [3.63, 3.8) is 0 Å². The van der Waals surface area contributed by atoms with Crippen molar-refractivity contribution >= 4 is 5.97 Å². The molecule has 1 heterocycles. The summed E-state index contributed by atoms with van der Waals surface area (Å²) < 4.78 is 1.97. The van der Waals surface area contributed by atoms with Gasteiger partial charge in [-0.2, -0.15) is 0 Å². The second-order valence-electron chi connectivity index (χ2n) is 3.75. The summed E-state index contributed by atoms with van der Waals surface area (Å²) in [6, 6.07) is 6.21. The van der Waals surface area contributed by atoms with E-state index in [1.807, 2.05) is 24.7 Å². The highest BCUT2D eigenvalue weighted by molar-refractivity contribution is 5.87. The van der Waals surface area contributed by atoms with Crippen molar-refractivity contribution in [3.8, 4) is 0 Å². The average Bonchev–Trinajstić information content (AvgIpc) is 2.74. The van der Waals surface area contributed by atoms with Gasteiger partial charge in [0.2, 0.25) is 0 Å². The van der Waals surface area contributed by atoms with Crippen molar-refractivity contribution in [2.45, 2.75) is 13.5 Å². The highest BCUT2D eigenvalue weighted by Gasteiger charge is 2.01. The number of hydrogen-bond donors (Lipinski definition) is 2. The van der Waals surface area contributed by atoms with E-state index in [-0.39, 0.29) is 12.2 Å². The SMILES string of the molecule is Cc1nccn1C.O=C(O)c1cccc(CO)c1. The van der Waals surface area contributed by atoms with Crippen LogP contribution in [-0.2, 0) is 13.7 Å². The second-order valence-corrected chi connectivity index (χ2v) is 3.75. The number of hydrogen-bond acceptors (Lipinski definition) is 3. The molecule has 0 saturated carbocycles. The Kier molecular flexibility index (Phi) is 5.07. The Morgan fingerprint density at radius 3 is 2.56 bits per heavy atom. The molecule has 18 heavy (non-hydrogen) atoms. The summed E-state index contributed by atoms with van der Waals surface area (Å²) in [5.74, 6) is 0.0836. The largest absolute Gasteiger partial charge is 0.478 e. The van der Waals surface area contributed by atoms with Crippen molar-refractivity contribution in [1.29, 1.82) is 0 Å². The standard InChI is InChI=1S/C8H8O3.C5H8N2/c9-5-6-2-1-3-7(4-6)8(10)11;1-5-6-3-4-7(5)2/h1-4,9H,5H2,(H,10,11);3-4H,1-2H3. The number of aromatic nitrogens is 2. The number of carbonyl (C=O) groups is 1.